The van der Waals surface area contributed by atoms with E-state index >= 15 is 0 Å². The molecule has 1 atom stereocenters. The second kappa shape index (κ2) is 5.80. The van der Waals surface area contributed by atoms with Gasteiger partial charge in [0.2, 0.25) is 5.95 Å². The van der Waals surface area contributed by atoms with Crippen LogP contribution in [0.1, 0.15) is 44.8 Å². The van der Waals surface area contributed by atoms with Gasteiger partial charge in [-0.3, -0.25) is 0 Å². The molecule has 0 spiro atoms. The van der Waals surface area contributed by atoms with Crippen LogP contribution in [-0.4, -0.2) is 15.7 Å². The normalized spacial score (nSPS) is 15.8. The second-order valence-electron chi connectivity index (χ2n) is 5.83. The van der Waals surface area contributed by atoms with Crippen molar-refractivity contribution in [3.05, 3.63) is 36.2 Å². The Labute approximate surface area is 126 Å². The summed E-state index contributed by atoms with van der Waals surface area (Å²) in [4.78, 5) is 4.58. The molecule has 21 heavy (non-hydrogen) atoms. The van der Waals surface area contributed by atoms with Gasteiger partial charge in [0.05, 0.1) is 11.8 Å². The van der Waals surface area contributed by atoms with E-state index in [4.69, 9.17) is 4.74 Å². The molecule has 0 aliphatic heterocycles. The van der Waals surface area contributed by atoms with E-state index in [-0.39, 0.29) is 6.10 Å². The molecule has 1 aromatic carbocycles. The van der Waals surface area contributed by atoms with Crippen LogP contribution in [0.5, 0.6) is 5.75 Å². The maximum atomic E-state index is 5.87. The maximum absolute atomic E-state index is 5.87. The van der Waals surface area contributed by atoms with E-state index in [1.54, 1.807) is 0 Å². The number of hydrogen-bond donors (Lipinski definition) is 1. The predicted molar refractivity (Wildman–Crippen MR) is 85.3 cm³/mol. The lowest BCUT2D eigenvalue weighted by atomic mass is 10.3. The van der Waals surface area contributed by atoms with Crippen LogP contribution in [0.4, 0.5) is 11.6 Å². The van der Waals surface area contributed by atoms with Crippen LogP contribution in [0, 0.1) is 6.92 Å². The summed E-state index contributed by atoms with van der Waals surface area (Å²) in [6, 6.07) is 8.71. The van der Waals surface area contributed by atoms with E-state index in [1.165, 1.54) is 12.8 Å². The third-order valence-electron chi connectivity index (χ3n) is 3.80. The van der Waals surface area contributed by atoms with Crippen LogP contribution in [0.15, 0.2) is 30.5 Å². The van der Waals surface area contributed by atoms with E-state index < -0.39 is 0 Å². The zero-order valence-electron chi connectivity index (χ0n) is 13.0. The quantitative estimate of drug-likeness (QED) is 0.852. The SMILES string of the molecule is CCC(C)Oc1cccc(Nc2nc(C)cn2C2CC2)c1. The molecule has 2 aromatic rings. The summed E-state index contributed by atoms with van der Waals surface area (Å²) in [5.41, 5.74) is 2.07. The number of nitrogens with zero attached hydrogens (tertiary/aromatic N) is 2. The lowest BCUT2D eigenvalue weighted by Gasteiger charge is -2.14. The van der Waals surface area contributed by atoms with Crippen LogP contribution in [0.25, 0.3) is 0 Å². The molecule has 1 unspecified atom stereocenters. The number of benzene rings is 1. The van der Waals surface area contributed by atoms with Gasteiger partial charge in [0.1, 0.15) is 5.75 Å². The van der Waals surface area contributed by atoms with Gasteiger partial charge < -0.3 is 14.6 Å². The van der Waals surface area contributed by atoms with Crippen molar-refractivity contribution in [3.63, 3.8) is 0 Å². The summed E-state index contributed by atoms with van der Waals surface area (Å²) < 4.78 is 8.12. The standard InChI is InChI=1S/C17H23N3O/c1-4-13(3)21-16-7-5-6-14(10-16)19-17-18-12(2)11-20(17)15-8-9-15/h5-7,10-11,13,15H,4,8-9H2,1-3H3,(H,18,19). The van der Waals surface area contributed by atoms with E-state index in [2.05, 4.69) is 34.9 Å². The lowest BCUT2D eigenvalue weighted by molar-refractivity contribution is 0.217. The fourth-order valence-corrected chi connectivity index (χ4v) is 2.33. The van der Waals surface area contributed by atoms with Crippen molar-refractivity contribution in [3.8, 4) is 5.75 Å². The Bertz CT molecular complexity index is 616. The van der Waals surface area contributed by atoms with Gasteiger partial charge in [0, 0.05) is 24.0 Å². The highest BCUT2D eigenvalue weighted by Crippen LogP contribution is 2.38. The number of rotatable bonds is 6. The topological polar surface area (TPSA) is 39.1 Å². The van der Waals surface area contributed by atoms with Crippen LogP contribution in [0.2, 0.25) is 0 Å². The molecule has 1 N–H and O–H groups in total. The molecular formula is C17H23N3O. The van der Waals surface area contributed by atoms with Gasteiger partial charge in [-0.1, -0.05) is 13.0 Å². The largest absolute Gasteiger partial charge is 0.491 e. The summed E-state index contributed by atoms with van der Waals surface area (Å²) in [7, 11) is 0. The minimum atomic E-state index is 0.232. The van der Waals surface area contributed by atoms with Crippen molar-refractivity contribution in [1.29, 1.82) is 0 Å². The maximum Gasteiger partial charge on any atom is 0.207 e. The molecule has 1 aliphatic rings. The number of nitrogens with one attached hydrogen (secondary N) is 1. The second-order valence-corrected chi connectivity index (χ2v) is 5.83. The van der Waals surface area contributed by atoms with Gasteiger partial charge in [-0.2, -0.15) is 0 Å². The molecule has 3 rings (SSSR count). The third kappa shape index (κ3) is 3.38. The number of aromatic nitrogens is 2. The highest BCUT2D eigenvalue weighted by molar-refractivity contribution is 5.56. The number of hydrogen-bond acceptors (Lipinski definition) is 3. The molecule has 1 saturated carbocycles. The summed E-state index contributed by atoms with van der Waals surface area (Å²) >= 11 is 0. The van der Waals surface area contributed by atoms with Crippen LogP contribution < -0.4 is 10.1 Å². The van der Waals surface area contributed by atoms with Gasteiger partial charge in [-0.15, -0.1) is 0 Å². The van der Waals surface area contributed by atoms with Crippen molar-refractivity contribution >= 4 is 11.6 Å². The van der Waals surface area contributed by atoms with Gasteiger partial charge in [0.25, 0.3) is 0 Å². The fourth-order valence-electron chi connectivity index (χ4n) is 2.33. The Morgan fingerprint density at radius 3 is 2.95 bits per heavy atom. The average Bonchev–Trinajstić information content (AvgIpc) is 3.24. The molecule has 0 amide bonds. The first-order valence-electron chi connectivity index (χ1n) is 7.75. The molecule has 4 nitrogen and oxygen atoms in total. The molecular weight excluding hydrogens is 262 g/mol. The third-order valence-corrected chi connectivity index (χ3v) is 3.80. The summed E-state index contributed by atoms with van der Waals surface area (Å²) in [6.07, 6.45) is 5.86. The highest BCUT2D eigenvalue weighted by Gasteiger charge is 2.26. The number of ether oxygens (including phenoxy) is 1. The lowest BCUT2D eigenvalue weighted by Crippen LogP contribution is -2.09. The summed E-state index contributed by atoms with van der Waals surface area (Å²) in [5.74, 6) is 1.83. The zero-order valence-corrected chi connectivity index (χ0v) is 13.0. The Morgan fingerprint density at radius 2 is 2.24 bits per heavy atom. The first kappa shape index (κ1) is 14.0. The molecule has 0 radical (unpaired) electrons. The number of imidazole rings is 1. The smallest absolute Gasteiger partial charge is 0.207 e. The van der Waals surface area contributed by atoms with Crippen molar-refractivity contribution in [2.45, 2.75) is 52.2 Å². The zero-order chi connectivity index (χ0) is 14.8. The minimum Gasteiger partial charge on any atom is -0.491 e. The molecule has 4 heteroatoms. The summed E-state index contributed by atoms with van der Waals surface area (Å²) in [5, 5.41) is 3.42. The van der Waals surface area contributed by atoms with E-state index in [0.29, 0.717) is 6.04 Å². The Hall–Kier alpha value is -1.97. The van der Waals surface area contributed by atoms with Crippen molar-refractivity contribution in [1.82, 2.24) is 9.55 Å². The van der Waals surface area contributed by atoms with E-state index in [1.807, 2.05) is 31.2 Å². The van der Waals surface area contributed by atoms with Gasteiger partial charge in [-0.05, 0) is 45.2 Å². The number of aryl methyl sites for hydroxylation is 1. The first-order chi connectivity index (χ1) is 10.2. The molecule has 1 aromatic heterocycles. The molecule has 1 heterocycles. The van der Waals surface area contributed by atoms with Crippen LogP contribution in [-0.2, 0) is 0 Å². The molecule has 1 fully saturated rings. The minimum absolute atomic E-state index is 0.232. The number of anilines is 2. The highest BCUT2D eigenvalue weighted by atomic mass is 16.5. The van der Waals surface area contributed by atoms with Gasteiger partial charge in [-0.25, -0.2) is 4.98 Å². The van der Waals surface area contributed by atoms with Gasteiger partial charge >= 0.3 is 0 Å². The predicted octanol–water partition coefficient (Wildman–Crippen LogP) is 4.45. The van der Waals surface area contributed by atoms with E-state index in [9.17, 15) is 0 Å². The van der Waals surface area contributed by atoms with Crippen molar-refractivity contribution in [2.75, 3.05) is 5.32 Å². The Kier molecular flexibility index (Phi) is 3.86. The molecule has 1 aliphatic carbocycles. The van der Waals surface area contributed by atoms with Crippen molar-refractivity contribution < 1.29 is 4.74 Å². The molecule has 0 bridgehead atoms. The Morgan fingerprint density at radius 1 is 1.43 bits per heavy atom. The van der Waals surface area contributed by atoms with Crippen molar-refractivity contribution in [2.24, 2.45) is 0 Å². The van der Waals surface area contributed by atoms with Crippen LogP contribution in [0.3, 0.4) is 0 Å². The molecule has 112 valence electrons. The van der Waals surface area contributed by atoms with E-state index in [0.717, 1.165) is 29.5 Å². The fraction of sp³-hybridized carbons (Fsp3) is 0.471. The van der Waals surface area contributed by atoms with Crippen LogP contribution >= 0.6 is 0 Å². The monoisotopic (exact) mass is 285 g/mol. The molecule has 0 saturated heterocycles. The van der Waals surface area contributed by atoms with Gasteiger partial charge in [0.15, 0.2) is 0 Å². The summed E-state index contributed by atoms with van der Waals surface area (Å²) in [6.45, 7) is 6.25. The average molecular weight is 285 g/mol. The first-order valence-corrected chi connectivity index (χ1v) is 7.75. The Balaban J connectivity index is 1.77.